The molecular formula is C20H18N2O5. The third kappa shape index (κ3) is 4.14. The molecule has 1 N–H and O–H groups in total. The first-order valence-corrected chi connectivity index (χ1v) is 8.15. The number of carbonyl (C=O) groups is 2. The summed E-state index contributed by atoms with van der Waals surface area (Å²) in [7, 11) is 2.97. The molecule has 27 heavy (non-hydrogen) atoms. The minimum Gasteiger partial charge on any atom is -0.493 e. The number of fused-ring (bicyclic) bond motifs is 1. The van der Waals surface area contributed by atoms with Crippen LogP contribution in [0.2, 0.25) is 0 Å². The lowest BCUT2D eigenvalue weighted by atomic mass is 10.2. The molecule has 0 radical (unpaired) electrons. The van der Waals surface area contributed by atoms with Crippen molar-refractivity contribution in [3.8, 4) is 11.5 Å². The van der Waals surface area contributed by atoms with Gasteiger partial charge in [0.2, 0.25) is 0 Å². The lowest BCUT2D eigenvalue weighted by Gasteiger charge is -2.10. The molecule has 2 aromatic carbocycles. The number of anilines is 1. The van der Waals surface area contributed by atoms with Crippen LogP contribution in [0.15, 0.2) is 54.7 Å². The number of methoxy groups -OCH3 is 2. The Labute approximate surface area is 155 Å². The lowest BCUT2D eigenvalue weighted by Crippen LogP contribution is -2.21. The van der Waals surface area contributed by atoms with Gasteiger partial charge in [0.1, 0.15) is 0 Å². The van der Waals surface area contributed by atoms with Gasteiger partial charge in [-0.1, -0.05) is 6.07 Å². The van der Waals surface area contributed by atoms with E-state index in [1.54, 1.807) is 30.5 Å². The quantitative estimate of drug-likeness (QED) is 0.675. The summed E-state index contributed by atoms with van der Waals surface area (Å²) in [6.45, 7) is -0.413. The number of esters is 1. The van der Waals surface area contributed by atoms with Crippen molar-refractivity contribution in [2.24, 2.45) is 0 Å². The maximum Gasteiger partial charge on any atom is 0.338 e. The number of benzene rings is 2. The zero-order chi connectivity index (χ0) is 19.2. The van der Waals surface area contributed by atoms with Crippen LogP contribution in [-0.4, -0.2) is 37.7 Å². The van der Waals surface area contributed by atoms with Crippen molar-refractivity contribution in [1.82, 2.24) is 4.98 Å². The molecule has 0 fully saturated rings. The average molecular weight is 366 g/mol. The van der Waals surface area contributed by atoms with Gasteiger partial charge in [0, 0.05) is 11.6 Å². The Morgan fingerprint density at radius 2 is 1.81 bits per heavy atom. The van der Waals surface area contributed by atoms with E-state index in [0.29, 0.717) is 17.2 Å². The lowest BCUT2D eigenvalue weighted by molar-refractivity contribution is -0.119. The molecule has 0 spiro atoms. The van der Waals surface area contributed by atoms with Gasteiger partial charge in [-0.2, -0.15) is 0 Å². The second kappa shape index (κ2) is 8.18. The highest BCUT2D eigenvalue weighted by Gasteiger charge is 2.14. The molecule has 1 heterocycles. The first-order chi connectivity index (χ1) is 13.1. The maximum atomic E-state index is 12.2. The van der Waals surface area contributed by atoms with Gasteiger partial charge >= 0.3 is 5.97 Å². The van der Waals surface area contributed by atoms with Crippen LogP contribution in [0.1, 0.15) is 10.4 Å². The first kappa shape index (κ1) is 18.2. The van der Waals surface area contributed by atoms with E-state index in [4.69, 9.17) is 14.2 Å². The molecule has 0 aliphatic heterocycles. The standard InChI is InChI=1S/C20H18N2O5/c1-25-17-9-8-13(11-18(17)26-2)20(24)27-12-19(23)22-16-7-3-6-15-14(16)5-4-10-21-15/h3-11H,12H2,1-2H3,(H,22,23). The van der Waals surface area contributed by atoms with Crippen molar-refractivity contribution in [3.05, 3.63) is 60.3 Å². The summed E-state index contributed by atoms with van der Waals surface area (Å²) >= 11 is 0. The zero-order valence-corrected chi connectivity index (χ0v) is 14.9. The fourth-order valence-corrected chi connectivity index (χ4v) is 2.58. The highest BCUT2D eigenvalue weighted by atomic mass is 16.5. The number of nitrogens with one attached hydrogen (secondary N) is 1. The van der Waals surface area contributed by atoms with Gasteiger partial charge in [0.15, 0.2) is 18.1 Å². The van der Waals surface area contributed by atoms with Crippen LogP contribution in [-0.2, 0) is 9.53 Å². The number of hydrogen-bond acceptors (Lipinski definition) is 6. The Hall–Kier alpha value is -3.61. The number of nitrogens with zero attached hydrogens (tertiary/aromatic N) is 1. The SMILES string of the molecule is COc1ccc(C(=O)OCC(=O)Nc2cccc3ncccc23)cc1OC. The summed E-state index contributed by atoms with van der Waals surface area (Å²) in [5.41, 5.74) is 1.63. The van der Waals surface area contributed by atoms with Gasteiger partial charge in [0.05, 0.1) is 31.0 Å². The monoisotopic (exact) mass is 366 g/mol. The number of aromatic nitrogens is 1. The molecule has 7 nitrogen and oxygen atoms in total. The molecule has 0 aliphatic carbocycles. The number of amides is 1. The van der Waals surface area contributed by atoms with Crippen LogP contribution in [0, 0.1) is 0 Å². The minimum atomic E-state index is -0.634. The fraction of sp³-hybridized carbons (Fsp3) is 0.150. The summed E-state index contributed by atoms with van der Waals surface area (Å²) in [5, 5.41) is 3.54. The molecule has 1 amide bonds. The Balaban J connectivity index is 1.64. The van der Waals surface area contributed by atoms with E-state index in [-0.39, 0.29) is 5.56 Å². The summed E-state index contributed by atoms with van der Waals surface area (Å²) in [6.07, 6.45) is 1.68. The topological polar surface area (TPSA) is 86.8 Å². The van der Waals surface area contributed by atoms with Crippen LogP contribution < -0.4 is 14.8 Å². The van der Waals surface area contributed by atoms with Crippen molar-refractivity contribution >= 4 is 28.5 Å². The zero-order valence-electron chi connectivity index (χ0n) is 14.9. The summed E-state index contributed by atoms with van der Waals surface area (Å²) in [5.74, 6) is -0.179. The Bertz CT molecular complexity index is 982. The van der Waals surface area contributed by atoms with Gasteiger partial charge in [0.25, 0.3) is 5.91 Å². The van der Waals surface area contributed by atoms with E-state index in [2.05, 4.69) is 10.3 Å². The number of pyridine rings is 1. The normalized spacial score (nSPS) is 10.3. The number of ether oxygens (including phenoxy) is 3. The molecule has 0 atom stereocenters. The van der Waals surface area contributed by atoms with Gasteiger partial charge in [-0.15, -0.1) is 0 Å². The van der Waals surface area contributed by atoms with E-state index >= 15 is 0 Å². The second-order valence-corrected chi connectivity index (χ2v) is 5.57. The Morgan fingerprint density at radius 1 is 1.00 bits per heavy atom. The van der Waals surface area contributed by atoms with Gasteiger partial charge in [-0.05, 0) is 42.5 Å². The highest BCUT2D eigenvalue weighted by molar-refractivity contribution is 6.02. The molecule has 3 aromatic rings. The van der Waals surface area contributed by atoms with Crippen molar-refractivity contribution in [2.45, 2.75) is 0 Å². The number of hydrogen-bond donors (Lipinski definition) is 1. The van der Waals surface area contributed by atoms with E-state index in [1.165, 1.54) is 26.4 Å². The average Bonchev–Trinajstić information content (AvgIpc) is 2.71. The van der Waals surface area contributed by atoms with Crippen LogP contribution in [0.25, 0.3) is 10.9 Å². The molecule has 1 aromatic heterocycles. The fourth-order valence-electron chi connectivity index (χ4n) is 2.58. The van der Waals surface area contributed by atoms with Gasteiger partial charge in [-0.25, -0.2) is 4.79 Å². The predicted octanol–water partition coefficient (Wildman–Crippen LogP) is 3.05. The van der Waals surface area contributed by atoms with E-state index < -0.39 is 18.5 Å². The Morgan fingerprint density at radius 3 is 2.59 bits per heavy atom. The smallest absolute Gasteiger partial charge is 0.338 e. The molecular weight excluding hydrogens is 348 g/mol. The van der Waals surface area contributed by atoms with Crippen LogP contribution >= 0.6 is 0 Å². The largest absolute Gasteiger partial charge is 0.493 e. The third-order valence-electron chi connectivity index (χ3n) is 3.87. The third-order valence-corrected chi connectivity index (χ3v) is 3.87. The summed E-state index contributed by atoms with van der Waals surface area (Å²) in [6, 6.07) is 13.7. The Kier molecular flexibility index (Phi) is 5.51. The second-order valence-electron chi connectivity index (χ2n) is 5.57. The van der Waals surface area contributed by atoms with Gasteiger partial charge in [-0.3, -0.25) is 9.78 Å². The number of rotatable bonds is 6. The summed E-state index contributed by atoms with van der Waals surface area (Å²) in [4.78, 5) is 28.6. The first-order valence-electron chi connectivity index (χ1n) is 8.15. The molecule has 0 unspecified atom stereocenters. The van der Waals surface area contributed by atoms with Crippen LogP contribution in [0.3, 0.4) is 0 Å². The maximum absolute atomic E-state index is 12.2. The molecule has 0 saturated carbocycles. The van der Waals surface area contributed by atoms with Crippen LogP contribution in [0.4, 0.5) is 5.69 Å². The predicted molar refractivity (Wildman–Crippen MR) is 100 cm³/mol. The molecule has 3 rings (SSSR count). The molecule has 0 bridgehead atoms. The summed E-state index contributed by atoms with van der Waals surface area (Å²) < 4.78 is 15.4. The molecule has 0 saturated heterocycles. The highest BCUT2D eigenvalue weighted by Crippen LogP contribution is 2.27. The van der Waals surface area contributed by atoms with Crippen molar-refractivity contribution in [3.63, 3.8) is 0 Å². The van der Waals surface area contributed by atoms with Gasteiger partial charge < -0.3 is 19.5 Å². The van der Waals surface area contributed by atoms with Crippen molar-refractivity contribution in [2.75, 3.05) is 26.1 Å². The van der Waals surface area contributed by atoms with Crippen molar-refractivity contribution < 1.29 is 23.8 Å². The van der Waals surface area contributed by atoms with E-state index in [0.717, 1.165) is 10.9 Å². The minimum absolute atomic E-state index is 0.259. The van der Waals surface area contributed by atoms with E-state index in [9.17, 15) is 9.59 Å². The van der Waals surface area contributed by atoms with Crippen molar-refractivity contribution in [1.29, 1.82) is 0 Å². The molecule has 138 valence electrons. The molecule has 0 aliphatic rings. The van der Waals surface area contributed by atoms with E-state index in [1.807, 2.05) is 12.1 Å². The number of carbonyl (C=O) groups excluding carboxylic acids is 2. The van der Waals surface area contributed by atoms with Crippen LogP contribution in [0.5, 0.6) is 11.5 Å². The molecule has 7 heteroatoms.